The van der Waals surface area contributed by atoms with Crippen molar-refractivity contribution in [3.8, 4) is 11.3 Å². The minimum atomic E-state index is 0.0343. The highest BCUT2D eigenvalue weighted by Gasteiger charge is 2.44. The number of fused-ring (bicyclic) bond motifs is 6. The van der Waals surface area contributed by atoms with Gasteiger partial charge in [-0.05, 0) is 24.8 Å². The molecular formula is C18H18N2OS. The van der Waals surface area contributed by atoms with Crippen LogP contribution in [0.1, 0.15) is 36.8 Å². The molecule has 0 radical (unpaired) electrons. The molecule has 1 spiro atoms. The summed E-state index contributed by atoms with van der Waals surface area (Å²) in [5, 5.41) is 0.911. The van der Waals surface area contributed by atoms with Gasteiger partial charge in [0.15, 0.2) is 5.16 Å². The van der Waals surface area contributed by atoms with Crippen molar-refractivity contribution in [2.24, 2.45) is 0 Å². The molecule has 0 unspecified atom stereocenters. The Morgan fingerprint density at radius 2 is 2.00 bits per heavy atom. The Balaban J connectivity index is 1.91. The van der Waals surface area contributed by atoms with Crippen LogP contribution in [0.2, 0.25) is 0 Å². The molecule has 1 aromatic carbocycles. The van der Waals surface area contributed by atoms with Crippen LogP contribution in [0.4, 0.5) is 0 Å². The number of hydrogen-bond donors (Lipinski definition) is 0. The van der Waals surface area contributed by atoms with E-state index in [1.165, 1.54) is 29.7 Å². The average Bonchev–Trinajstić information content (AvgIpc) is 3.16. The molecule has 0 saturated heterocycles. The number of rotatable bonds is 0. The molecule has 112 valence electrons. The van der Waals surface area contributed by atoms with E-state index in [0.29, 0.717) is 0 Å². The second-order valence-corrected chi connectivity index (χ2v) is 7.81. The van der Waals surface area contributed by atoms with Gasteiger partial charge in [0.2, 0.25) is 0 Å². The van der Waals surface area contributed by atoms with Crippen LogP contribution in [0.25, 0.3) is 11.3 Å². The predicted molar refractivity (Wildman–Crippen MR) is 88.5 cm³/mol. The van der Waals surface area contributed by atoms with Crippen LogP contribution in [-0.2, 0) is 18.4 Å². The maximum absolute atomic E-state index is 12.9. The van der Waals surface area contributed by atoms with E-state index >= 15 is 0 Å². The molecule has 2 aliphatic carbocycles. The first-order valence-electron chi connectivity index (χ1n) is 8.15. The molecule has 0 amide bonds. The number of hydrogen-bond acceptors (Lipinski definition) is 3. The van der Waals surface area contributed by atoms with Gasteiger partial charge in [-0.15, -0.1) is 0 Å². The van der Waals surface area contributed by atoms with Gasteiger partial charge in [-0.2, -0.15) is 4.98 Å². The predicted octanol–water partition coefficient (Wildman–Crippen LogP) is 3.38. The fraction of sp³-hybridized carbons (Fsp3) is 0.444. The van der Waals surface area contributed by atoms with Gasteiger partial charge < -0.3 is 4.57 Å². The van der Waals surface area contributed by atoms with Crippen molar-refractivity contribution in [3.05, 3.63) is 45.7 Å². The van der Waals surface area contributed by atoms with Crippen molar-refractivity contribution in [1.29, 1.82) is 0 Å². The summed E-state index contributed by atoms with van der Waals surface area (Å²) in [7, 11) is 0. The molecule has 3 nitrogen and oxygen atoms in total. The van der Waals surface area contributed by atoms with E-state index in [1.54, 1.807) is 11.8 Å². The average molecular weight is 310 g/mol. The summed E-state index contributed by atoms with van der Waals surface area (Å²) in [5.74, 6) is 1.03. The van der Waals surface area contributed by atoms with Gasteiger partial charge in [-0.3, -0.25) is 4.79 Å². The van der Waals surface area contributed by atoms with Crippen molar-refractivity contribution in [2.75, 3.05) is 5.75 Å². The van der Waals surface area contributed by atoms with Gasteiger partial charge in [0.1, 0.15) is 0 Å². The summed E-state index contributed by atoms with van der Waals surface area (Å²) in [4.78, 5) is 17.3. The molecule has 3 aliphatic rings. The van der Waals surface area contributed by atoms with Crippen LogP contribution in [0.3, 0.4) is 0 Å². The second kappa shape index (κ2) is 4.48. The van der Waals surface area contributed by atoms with E-state index in [2.05, 4.69) is 33.8 Å². The molecular weight excluding hydrogens is 292 g/mol. The van der Waals surface area contributed by atoms with Crippen LogP contribution >= 0.6 is 11.8 Å². The summed E-state index contributed by atoms with van der Waals surface area (Å²) in [6.07, 6.45) is 5.75. The van der Waals surface area contributed by atoms with E-state index in [4.69, 9.17) is 0 Å². The molecule has 1 fully saturated rings. The highest BCUT2D eigenvalue weighted by molar-refractivity contribution is 7.99. The largest absolute Gasteiger partial charge is 0.319 e. The zero-order valence-electron chi connectivity index (χ0n) is 12.5. The molecule has 2 heterocycles. The molecule has 4 heteroatoms. The minimum Gasteiger partial charge on any atom is -0.319 e. The van der Waals surface area contributed by atoms with Crippen molar-refractivity contribution >= 4 is 11.8 Å². The van der Waals surface area contributed by atoms with Crippen molar-refractivity contribution in [3.63, 3.8) is 0 Å². The Labute approximate surface area is 133 Å². The summed E-state index contributed by atoms with van der Waals surface area (Å²) in [6, 6.07) is 8.66. The number of nitrogens with zero attached hydrogens (tertiary/aromatic N) is 2. The highest BCUT2D eigenvalue weighted by Crippen LogP contribution is 2.50. The fourth-order valence-electron chi connectivity index (χ4n) is 4.68. The van der Waals surface area contributed by atoms with Gasteiger partial charge in [-0.25, -0.2) is 0 Å². The molecule has 2 aromatic rings. The van der Waals surface area contributed by atoms with Crippen LogP contribution in [0, 0.1) is 0 Å². The Hall–Kier alpha value is -1.55. The zero-order chi connectivity index (χ0) is 14.7. The summed E-state index contributed by atoms with van der Waals surface area (Å²) in [6.45, 7) is 0.972. The zero-order valence-corrected chi connectivity index (χ0v) is 13.3. The van der Waals surface area contributed by atoms with Gasteiger partial charge in [-0.1, -0.05) is 48.9 Å². The smallest absolute Gasteiger partial charge is 0.278 e. The maximum atomic E-state index is 12.9. The normalized spacial score (nSPS) is 20.7. The topological polar surface area (TPSA) is 34.9 Å². The monoisotopic (exact) mass is 310 g/mol. The molecule has 0 bridgehead atoms. The lowest BCUT2D eigenvalue weighted by Crippen LogP contribution is -2.38. The number of aromatic nitrogens is 2. The maximum Gasteiger partial charge on any atom is 0.278 e. The van der Waals surface area contributed by atoms with E-state index in [9.17, 15) is 4.79 Å². The summed E-state index contributed by atoms with van der Waals surface area (Å²) >= 11 is 1.71. The third-order valence-corrected chi connectivity index (χ3v) is 6.54. The molecule has 0 N–H and O–H groups in total. The van der Waals surface area contributed by atoms with Gasteiger partial charge >= 0.3 is 0 Å². The lowest BCUT2D eigenvalue weighted by atomic mass is 9.68. The van der Waals surface area contributed by atoms with Crippen molar-refractivity contribution < 1.29 is 0 Å². The Morgan fingerprint density at radius 1 is 1.18 bits per heavy atom. The number of thioether (sulfide) groups is 1. The molecule has 0 atom stereocenters. The molecule has 1 saturated carbocycles. The van der Waals surface area contributed by atoms with E-state index in [-0.39, 0.29) is 11.0 Å². The first kappa shape index (κ1) is 12.9. The lowest BCUT2D eigenvalue weighted by molar-refractivity contribution is 0.419. The molecule has 22 heavy (non-hydrogen) atoms. The Bertz CT molecular complexity index is 833. The molecule has 1 aromatic heterocycles. The standard InChI is InChI=1S/C18H18N2OS/c21-16-14-15(20-9-10-22-17(20)19-16)13-6-2-1-5-12(13)11-18(14)7-3-4-8-18/h1-2,5-6H,3-4,7-11H2. The third kappa shape index (κ3) is 1.59. The van der Waals surface area contributed by atoms with Crippen molar-refractivity contribution in [1.82, 2.24) is 9.55 Å². The van der Waals surface area contributed by atoms with Crippen LogP contribution in [-0.4, -0.2) is 15.3 Å². The van der Waals surface area contributed by atoms with Crippen LogP contribution < -0.4 is 5.56 Å². The van der Waals surface area contributed by atoms with Gasteiger partial charge in [0, 0.05) is 23.3 Å². The van der Waals surface area contributed by atoms with Crippen molar-refractivity contribution in [2.45, 2.75) is 49.2 Å². The second-order valence-electron chi connectivity index (χ2n) is 6.74. The van der Waals surface area contributed by atoms with E-state index in [1.807, 2.05) is 0 Å². The van der Waals surface area contributed by atoms with Crippen LogP contribution in [0.5, 0.6) is 0 Å². The Kier molecular flexibility index (Phi) is 2.63. The summed E-state index contributed by atoms with van der Waals surface area (Å²) in [5.41, 5.74) is 4.96. The summed E-state index contributed by atoms with van der Waals surface area (Å²) < 4.78 is 2.31. The Morgan fingerprint density at radius 3 is 2.86 bits per heavy atom. The van der Waals surface area contributed by atoms with Crippen LogP contribution in [0.15, 0.2) is 34.2 Å². The quantitative estimate of drug-likeness (QED) is 0.700. The first-order chi connectivity index (χ1) is 10.8. The third-order valence-electron chi connectivity index (χ3n) is 5.59. The molecule has 5 rings (SSSR count). The minimum absolute atomic E-state index is 0.0343. The van der Waals surface area contributed by atoms with Gasteiger partial charge in [0.05, 0.1) is 11.3 Å². The van der Waals surface area contributed by atoms with Gasteiger partial charge in [0.25, 0.3) is 5.56 Å². The van der Waals surface area contributed by atoms with E-state index < -0.39 is 0 Å². The molecule has 1 aliphatic heterocycles. The highest BCUT2D eigenvalue weighted by atomic mass is 32.2. The fourth-order valence-corrected chi connectivity index (χ4v) is 5.62. The van der Waals surface area contributed by atoms with E-state index in [0.717, 1.165) is 42.3 Å². The first-order valence-corrected chi connectivity index (χ1v) is 9.13. The SMILES string of the molecule is O=c1nc2n(c3c1C1(CCCC1)Cc1ccccc1-3)CCS2. The lowest BCUT2D eigenvalue weighted by Gasteiger charge is -2.37. The number of benzene rings is 1.